The molecule has 0 aliphatic heterocycles. The van der Waals surface area contributed by atoms with E-state index in [4.69, 9.17) is 4.74 Å². The third kappa shape index (κ3) is 2.81. The van der Waals surface area contributed by atoms with E-state index in [0.29, 0.717) is 11.3 Å². The molecule has 3 nitrogen and oxygen atoms in total. The Morgan fingerprint density at radius 3 is 2.86 bits per heavy atom. The van der Waals surface area contributed by atoms with Gasteiger partial charge in [0.05, 0.1) is 12.1 Å². The van der Waals surface area contributed by atoms with Gasteiger partial charge in [-0.1, -0.05) is 6.07 Å². The van der Waals surface area contributed by atoms with Crippen molar-refractivity contribution in [2.45, 2.75) is 32.6 Å². The molecule has 0 spiro atoms. The lowest BCUT2D eigenvalue weighted by molar-refractivity contribution is 0.102. The lowest BCUT2D eigenvalue weighted by atomic mass is 9.96. The van der Waals surface area contributed by atoms with Gasteiger partial charge in [-0.15, -0.1) is 11.3 Å². The number of carbonyl (C=O) groups is 1. The van der Waals surface area contributed by atoms with Gasteiger partial charge in [0.1, 0.15) is 5.75 Å². The Balaban J connectivity index is 1.83. The maximum atomic E-state index is 12.4. The number of fused-ring (bicyclic) bond motifs is 1. The molecule has 1 aromatic carbocycles. The highest BCUT2D eigenvalue weighted by atomic mass is 32.1. The average Bonchev–Trinajstić information content (AvgIpc) is 2.84. The first kappa shape index (κ1) is 14.1. The van der Waals surface area contributed by atoms with E-state index in [0.717, 1.165) is 17.8 Å². The zero-order valence-electron chi connectivity index (χ0n) is 12.4. The van der Waals surface area contributed by atoms with Crippen LogP contribution in [0.1, 0.15) is 39.2 Å². The molecule has 1 amide bonds. The summed E-state index contributed by atoms with van der Waals surface area (Å²) in [6, 6.07) is 7.24. The number of carbonyl (C=O) groups excluding carboxylic acids is 1. The van der Waals surface area contributed by atoms with Crippen molar-refractivity contribution in [3.63, 3.8) is 0 Å². The summed E-state index contributed by atoms with van der Waals surface area (Å²) >= 11 is 1.73. The number of anilines is 1. The van der Waals surface area contributed by atoms with E-state index >= 15 is 0 Å². The Kier molecular flexibility index (Phi) is 3.97. The van der Waals surface area contributed by atoms with Gasteiger partial charge in [0.2, 0.25) is 0 Å². The molecule has 1 aromatic heterocycles. The molecule has 1 N–H and O–H groups in total. The molecule has 3 rings (SSSR count). The maximum absolute atomic E-state index is 12.4. The summed E-state index contributed by atoms with van der Waals surface area (Å²) in [5.74, 6) is 0.625. The van der Waals surface area contributed by atoms with E-state index in [1.165, 1.54) is 28.8 Å². The smallest absolute Gasteiger partial charge is 0.256 e. The van der Waals surface area contributed by atoms with Crippen LogP contribution in [0.25, 0.3) is 0 Å². The first-order valence-corrected chi connectivity index (χ1v) is 8.07. The summed E-state index contributed by atoms with van der Waals surface area (Å²) in [7, 11) is 1.61. The number of ether oxygens (including phenoxy) is 1. The van der Waals surface area contributed by atoms with Crippen LogP contribution in [0.15, 0.2) is 24.3 Å². The summed E-state index contributed by atoms with van der Waals surface area (Å²) in [4.78, 5) is 13.8. The number of amides is 1. The minimum Gasteiger partial charge on any atom is -0.497 e. The molecule has 110 valence electrons. The van der Waals surface area contributed by atoms with Crippen LogP contribution in [0, 0.1) is 6.92 Å². The second kappa shape index (κ2) is 5.90. The number of nitrogens with one attached hydrogen (secondary N) is 1. The predicted octanol–water partition coefficient (Wildman–Crippen LogP) is 4.20. The summed E-state index contributed by atoms with van der Waals surface area (Å²) < 4.78 is 5.17. The summed E-state index contributed by atoms with van der Waals surface area (Å²) in [5, 5.41) is 4.05. The highest BCUT2D eigenvalue weighted by Gasteiger charge is 2.19. The molecule has 0 radical (unpaired) electrons. The molecule has 0 saturated carbocycles. The van der Waals surface area contributed by atoms with Crippen LogP contribution in [0.2, 0.25) is 0 Å². The zero-order chi connectivity index (χ0) is 14.8. The molecule has 1 heterocycles. The van der Waals surface area contributed by atoms with Gasteiger partial charge in [-0.3, -0.25) is 4.79 Å². The molecule has 1 aliphatic rings. The third-order valence-electron chi connectivity index (χ3n) is 3.99. The Morgan fingerprint density at radius 1 is 1.29 bits per heavy atom. The molecule has 2 aromatic rings. The molecule has 0 saturated heterocycles. The fourth-order valence-electron chi connectivity index (χ4n) is 2.78. The first-order valence-electron chi connectivity index (χ1n) is 7.25. The van der Waals surface area contributed by atoms with Crippen LogP contribution in [-0.2, 0) is 12.8 Å². The summed E-state index contributed by atoms with van der Waals surface area (Å²) in [5.41, 5.74) is 3.32. The van der Waals surface area contributed by atoms with E-state index < -0.39 is 0 Å². The summed E-state index contributed by atoms with van der Waals surface area (Å²) in [6.07, 6.45) is 4.81. The van der Waals surface area contributed by atoms with Crippen molar-refractivity contribution in [2.24, 2.45) is 0 Å². The largest absolute Gasteiger partial charge is 0.497 e. The Labute approximate surface area is 129 Å². The van der Waals surface area contributed by atoms with E-state index in [2.05, 4.69) is 12.2 Å². The van der Waals surface area contributed by atoms with Crippen molar-refractivity contribution in [3.8, 4) is 5.75 Å². The lowest BCUT2D eigenvalue weighted by Gasteiger charge is -2.10. The molecule has 0 unspecified atom stereocenters. The van der Waals surface area contributed by atoms with Gasteiger partial charge < -0.3 is 10.1 Å². The monoisotopic (exact) mass is 301 g/mol. The normalized spacial score (nSPS) is 13.6. The van der Waals surface area contributed by atoms with Crippen molar-refractivity contribution >= 4 is 22.2 Å². The number of benzene rings is 1. The highest BCUT2D eigenvalue weighted by Crippen LogP contribution is 2.37. The van der Waals surface area contributed by atoms with Crippen molar-refractivity contribution in [2.75, 3.05) is 12.4 Å². The van der Waals surface area contributed by atoms with E-state index in [1.807, 2.05) is 12.1 Å². The average molecular weight is 301 g/mol. The van der Waals surface area contributed by atoms with Crippen molar-refractivity contribution < 1.29 is 9.53 Å². The van der Waals surface area contributed by atoms with Gasteiger partial charge in [0.15, 0.2) is 0 Å². The number of thiophene rings is 1. The first-order chi connectivity index (χ1) is 10.2. The lowest BCUT2D eigenvalue weighted by Crippen LogP contribution is -2.11. The zero-order valence-corrected chi connectivity index (χ0v) is 13.2. The van der Waals surface area contributed by atoms with Crippen LogP contribution in [0.5, 0.6) is 5.75 Å². The van der Waals surface area contributed by atoms with Crippen LogP contribution in [-0.4, -0.2) is 13.0 Å². The van der Waals surface area contributed by atoms with Crippen molar-refractivity contribution in [1.29, 1.82) is 0 Å². The molecule has 1 aliphatic carbocycles. The third-order valence-corrected chi connectivity index (χ3v) is 5.30. The molecule has 4 heteroatoms. The van der Waals surface area contributed by atoms with Gasteiger partial charge in [-0.25, -0.2) is 0 Å². The van der Waals surface area contributed by atoms with Crippen molar-refractivity contribution in [3.05, 3.63) is 45.8 Å². The summed E-state index contributed by atoms with van der Waals surface area (Å²) in [6.45, 7) is 2.11. The Hall–Kier alpha value is -1.81. The van der Waals surface area contributed by atoms with Crippen LogP contribution in [0.4, 0.5) is 5.00 Å². The fourth-order valence-corrected chi connectivity index (χ4v) is 4.07. The molecule has 21 heavy (non-hydrogen) atoms. The van der Waals surface area contributed by atoms with E-state index in [9.17, 15) is 4.79 Å². The number of rotatable bonds is 3. The SMILES string of the molecule is COc1cccc(C(=O)Nc2sc3c(c2C)CCCC3)c1. The van der Waals surface area contributed by atoms with Gasteiger partial charge in [-0.05, 0) is 61.9 Å². The quantitative estimate of drug-likeness (QED) is 0.923. The van der Waals surface area contributed by atoms with Gasteiger partial charge in [0, 0.05) is 10.4 Å². The van der Waals surface area contributed by atoms with E-state index in [1.54, 1.807) is 30.6 Å². The van der Waals surface area contributed by atoms with Crippen LogP contribution >= 0.6 is 11.3 Å². The molecule has 0 fully saturated rings. The molecular formula is C17H19NO2S. The number of methoxy groups -OCH3 is 1. The minimum atomic E-state index is -0.0735. The number of hydrogen-bond acceptors (Lipinski definition) is 3. The predicted molar refractivity (Wildman–Crippen MR) is 86.6 cm³/mol. The maximum Gasteiger partial charge on any atom is 0.256 e. The van der Waals surface area contributed by atoms with Crippen molar-refractivity contribution in [1.82, 2.24) is 0 Å². The topological polar surface area (TPSA) is 38.3 Å². The van der Waals surface area contributed by atoms with Gasteiger partial charge >= 0.3 is 0 Å². The minimum absolute atomic E-state index is 0.0735. The Morgan fingerprint density at radius 2 is 2.10 bits per heavy atom. The second-order valence-electron chi connectivity index (χ2n) is 5.35. The molecule has 0 atom stereocenters. The van der Waals surface area contributed by atoms with Crippen LogP contribution < -0.4 is 10.1 Å². The standard InChI is InChI=1S/C17H19NO2S/c1-11-14-8-3-4-9-15(14)21-17(11)18-16(19)12-6-5-7-13(10-12)20-2/h5-7,10H,3-4,8-9H2,1-2H3,(H,18,19). The van der Waals surface area contributed by atoms with Crippen LogP contribution in [0.3, 0.4) is 0 Å². The highest BCUT2D eigenvalue weighted by molar-refractivity contribution is 7.16. The number of hydrogen-bond donors (Lipinski definition) is 1. The Bertz CT molecular complexity index is 675. The van der Waals surface area contributed by atoms with E-state index in [-0.39, 0.29) is 5.91 Å². The van der Waals surface area contributed by atoms with Gasteiger partial charge in [-0.2, -0.15) is 0 Å². The second-order valence-corrected chi connectivity index (χ2v) is 6.46. The van der Waals surface area contributed by atoms with Gasteiger partial charge in [0.25, 0.3) is 5.91 Å². The molecular weight excluding hydrogens is 282 g/mol. The number of aryl methyl sites for hydroxylation is 1. The fraction of sp³-hybridized carbons (Fsp3) is 0.353. The molecule has 0 bridgehead atoms.